The average molecular weight is 384 g/mol. The van der Waals surface area contributed by atoms with Gasteiger partial charge in [-0.25, -0.2) is 4.99 Å². The summed E-state index contributed by atoms with van der Waals surface area (Å²) in [5.41, 5.74) is 4.09. The number of carbonyl (C=O) groups is 1. The molecule has 2 aromatic carbocycles. The quantitative estimate of drug-likeness (QED) is 0.145. The zero-order valence-electron chi connectivity index (χ0n) is 15.9. The van der Waals surface area contributed by atoms with Crippen molar-refractivity contribution >= 4 is 18.3 Å². The van der Waals surface area contributed by atoms with Gasteiger partial charge in [0.25, 0.3) is 0 Å². The first kappa shape index (κ1) is 20.8. The Labute approximate surface area is 164 Å². The van der Waals surface area contributed by atoms with Crippen LogP contribution in [-0.4, -0.2) is 43.5 Å². The minimum Gasteiger partial charge on any atom is -0.506 e. The highest BCUT2D eigenvalue weighted by Crippen LogP contribution is 2.27. The Hall–Kier alpha value is -3.52. The molecule has 0 unspecified atom stereocenters. The summed E-state index contributed by atoms with van der Waals surface area (Å²) >= 11 is 0. The van der Waals surface area contributed by atoms with Gasteiger partial charge < -0.3 is 24.9 Å². The smallest absolute Gasteiger partial charge is 0.312 e. The predicted octanol–water partition coefficient (Wildman–Crippen LogP) is 2.49. The van der Waals surface area contributed by atoms with Crippen LogP contribution in [0.15, 0.2) is 65.5 Å². The molecular formula is C20H24N4O4. The highest BCUT2D eigenvalue weighted by atomic mass is 16.6. The third kappa shape index (κ3) is 6.03. The molecule has 0 aliphatic heterocycles. The number of carbonyl (C=O) groups excluding carboxylic acids is 1. The Morgan fingerprint density at radius 2 is 2.04 bits per heavy atom. The van der Waals surface area contributed by atoms with Gasteiger partial charge in [-0.3, -0.25) is 4.79 Å². The van der Waals surface area contributed by atoms with Gasteiger partial charge in [-0.2, -0.15) is 5.48 Å². The van der Waals surface area contributed by atoms with Crippen LogP contribution in [0.5, 0.6) is 11.5 Å². The van der Waals surface area contributed by atoms with Crippen LogP contribution in [0.1, 0.15) is 5.56 Å². The van der Waals surface area contributed by atoms with Gasteiger partial charge in [0.1, 0.15) is 11.5 Å². The van der Waals surface area contributed by atoms with E-state index in [1.54, 1.807) is 25.4 Å². The van der Waals surface area contributed by atoms with Crippen molar-refractivity contribution in [3.8, 4) is 11.5 Å². The highest BCUT2D eigenvalue weighted by molar-refractivity contribution is 5.94. The van der Waals surface area contributed by atoms with Crippen LogP contribution < -0.4 is 15.6 Å². The molecular weight excluding hydrogens is 360 g/mol. The van der Waals surface area contributed by atoms with E-state index in [1.807, 2.05) is 35.2 Å². The number of hydroxylamine groups is 1. The minimum atomic E-state index is -0.562. The second-order valence-electron chi connectivity index (χ2n) is 5.71. The molecule has 0 bridgehead atoms. The van der Waals surface area contributed by atoms with E-state index in [2.05, 4.69) is 22.5 Å². The number of phenolic OH excluding ortho intramolecular Hbond substituents is 1. The van der Waals surface area contributed by atoms with E-state index in [4.69, 9.17) is 9.57 Å². The molecule has 0 saturated heterocycles. The summed E-state index contributed by atoms with van der Waals surface area (Å²) in [5, 5.41) is 13.2. The number of phenols is 1. The summed E-state index contributed by atoms with van der Waals surface area (Å²) in [6.07, 6.45) is 1.56. The van der Waals surface area contributed by atoms with Crippen molar-refractivity contribution in [2.75, 3.05) is 26.1 Å². The lowest BCUT2D eigenvalue weighted by atomic mass is 10.2. The predicted molar refractivity (Wildman–Crippen MR) is 108 cm³/mol. The normalized spacial score (nSPS) is 10.9. The van der Waals surface area contributed by atoms with Crippen molar-refractivity contribution in [3.05, 3.63) is 66.1 Å². The van der Waals surface area contributed by atoms with Crippen molar-refractivity contribution in [1.82, 2.24) is 10.4 Å². The number of nitrogens with one attached hydrogen (secondary N) is 2. The number of nitrogens with zero attached hydrogens (tertiary/aromatic N) is 2. The van der Waals surface area contributed by atoms with E-state index >= 15 is 0 Å². The fourth-order valence-electron chi connectivity index (χ4n) is 2.43. The first-order chi connectivity index (χ1) is 13.6. The molecule has 0 spiro atoms. The van der Waals surface area contributed by atoms with E-state index in [1.165, 1.54) is 13.2 Å². The van der Waals surface area contributed by atoms with E-state index in [0.717, 1.165) is 5.56 Å². The number of aliphatic imine (C=N–C) groups is 1. The van der Waals surface area contributed by atoms with Gasteiger partial charge in [-0.05, 0) is 24.4 Å². The standard InChI is InChI=1S/C20H24N4O4/c1-21-20(26)19(27-3)13-24(12-15-7-5-4-6-8-15)14-23-17-11-16(28-22-2)9-10-18(17)25/h4-11,13,22-23,25H,1,12,14H2,2-3H3/b19-13+. The van der Waals surface area contributed by atoms with Crippen molar-refractivity contribution in [3.63, 3.8) is 0 Å². The van der Waals surface area contributed by atoms with Crippen LogP contribution in [0.25, 0.3) is 0 Å². The molecule has 28 heavy (non-hydrogen) atoms. The lowest BCUT2D eigenvalue weighted by molar-refractivity contribution is -0.117. The van der Waals surface area contributed by atoms with Gasteiger partial charge in [-0.1, -0.05) is 30.3 Å². The van der Waals surface area contributed by atoms with Crippen LogP contribution >= 0.6 is 0 Å². The molecule has 0 saturated carbocycles. The molecule has 0 aromatic heterocycles. The van der Waals surface area contributed by atoms with Crippen LogP contribution in [0.2, 0.25) is 0 Å². The second-order valence-corrected chi connectivity index (χ2v) is 5.71. The van der Waals surface area contributed by atoms with E-state index in [0.29, 0.717) is 18.0 Å². The number of methoxy groups -OCH3 is 1. The van der Waals surface area contributed by atoms with Crippen LogP contribution in [0.4, 0.5) is 5.69 Å². The molecule has 148 valence electrons. The number of amides is 1. The van der Waals surface area contributed by atoms with Crippen molar-refractivity contribution in [1.29, 1.82) is 0 Å². The van der Waals surface area contributed by atoms with E-state index < -0.39 is 5.91 Å². The summed E-state index contributed by atoms with van der Waals surface area (Å²) in [6, 6.07) is 14.6. The number of anilines is 1. The number of hydrogen-bond acceptors (Lipinski definition) is 7. The molecule has 0 aliphatic carbocycles. The van der Waals surface area contributed by atoms with E-state index in [-0.39, 0.29) is 18.2 Å². The van der Waals surface area contributed by atoms with Gasteiger partial charge in [0.05, 0.1) is 19.5 Å². The molecule has 8 nitrogen and oxygen atoms in total. The number of benzene rings is 2. The Morgan fingerprint density at radius 3 is 2.68 bits per heavy atom. The first-order valence-corrected chi connectivity index (χ1v) is 8.52. The maximum absolute atomic E-state index is 11.8. The lowest BCUT2D eigenvalue weighted by Gasteiger charge is -2.23. The fraction of sp³-hybridized carbons (Fsp3) is 0.200. The number of aromatic hydroxyl groups is 1. The van der Waals surface area contributed by atoms with E-state index in [9.17, 15) is 9.90 Å². The molecule has 2 aromatic rings. The topological polar surface area (TPSA) is 95.4 Å². The maximum atomic E-state index is 11.8. The molecule has 1 amide bonds. The fourth-order valence-corrected chi connectivity index (χ4v) is 2.43. The Bertz CT molecular complexity index is 824. The minimum absolute atomic E-state index is 0.0595. The summed E-state index contributed by atoms with van der Waals surface area (Å²) in [5.74, 6) is 0.108. The Kier molecular flexibility index (Phi) is 7.86. The van der Waals surface area contributed by atoms with Crippen LogP contribution in [0.3, 0.4) is 0 Å². The summed E-state index contributed by atoms with van der Waals surface area (Å²) in [6.45, 7) is 4.02. The summed E-state index contributed by atoms with van der Waals surface area (Å²) < 4.78 is 5.13. The molecule has 0 radical (unpaired) electrons. The maximum Gasteiger partial charge on any atom is 0.312 e. The Morgan fingerprint density at radius 1 is 1.29 bits per heavy atom. The third-order valence-corrected chi connectivity index (χ3v) is 3.76. The monoisotopic (exact) mass is 384 g/mol. The number of rotatable bonds is 10. The number of ether oxygens (including phenoxy) is 1. The van der Waals surface area contributed by atoms with Gasteiger partial charge in [0, 0.05) is 25.9 Å². The molecule has 3 N–H and O–H groups in total. The van der Waals surface area contributed by atoms with Crippen molar-refractivity contribution < 1.29 is 19.5 Å². The highest BCUT2D eigenvalue weighted by Gasteiger charge is 2.12. The molecule has 0 atom stereocenters. The summed E-state index contributed by atoms with van der Waals surface area (Å²) in [7, 11) is 3.04. The van der Waals surface area contributed by atoms with Crippen LogP contribution in [-0.2, 0) is 16.1 Å². The first-order valence-electron chi connectivity index (χ1n) is 8.52. The molecule has 2 rings (SSSR count). The Balaban J connectivity index is 2.21. The zero-order chi connectivity index (χ0) is 20.4. The van der Waals surface area contributed by atoms with Gasteiger partial charge in [0.15, 0.2) is 0 Å². The van der Waals surface area contributed by atoms with Crippen molar-refractivity contribution in [2.45, 2.75) is 6.54 Å². The average Bonchev–Trinajstić information content (AvgIpc) is 2.72. The van der Waals surface area contributed by atoms with Gasteiger partial charge in [-0.15, -0.1) is 0 Å². The molecule has 0 aliphatic rings. The van der Waals surface area contributed by atoms with Crippen molar-refractivity contribution in [2.24, 2.45) is 4.99 Å². The lowest BCUT2D eigenvalue weighted by Crippen LogP contribution is -2.25. The SMILES string of the molecule is C=NC(=O)/C(=C\N(CNc1cc(ONC)ccc1O)Cc1ccccc1)OC. The largest absolute Gasteiger partial charge is 0.506 e. The number of hydrogen-bond donors (Lipinski definition) is 3. The summed E-state index contributed by atoms with van der Waals surface area (Å²) in [4.78, 5) is 22.3. The van der Waals surface area contributed by atoms with Crippen LogP contribution in [0, 0.1) is 0 Å². The molecule has 0 fully saturated rings. The molecule has 8 heteroatoms. The zero-order valence-corrected chi connectivity index (χ0v) is 15.9. The second kappa shape index (κ2) is 10.6. The third-order valence-electron chi connectivity index (χ3n) is 3.76. The van der Waals surface area contributed by atoms with Gasteiger partial charge >= 0.3 is 5.91 Å². The molecule has 0 heterocycles. The van der Waals surface area contributed by atoms with Gasteiger partial charge in [0.2, 0.25) is 5.76 Å².